The second-order valence-electron chi connectivity index (χ2n) is 6.22. The van der Waals surface area contributed by atoms with Gasteiger partial charge in [0.05, 0.1) is 5.69 Å². The molecule has 116 valence electrons. The summed E-state index contributed by atoms with van der Waals surface area (Å²) in [7, 11) is 0. The summed E-state index contributed by atoms with van der Waals surface area (Å²) in [5, 5.41) is 10.2. The lowest BCUT2D eigenvalue weighted by Crippen LogP contribution is -2.33. The van der Waals surface area contributed by atoms with Crippen molar-refractivity contribution in [3.63, 3.8) is 0 Å². The number of aromatic hydroxyl groups is 1. The van der Waals surface area contributed by atoms with Crippen molar-refractivity contribution in [2.24, 2.45) is 0 Å². The van der Waals surface area contributed by atoms with Crippen LogP contribution in [0.1, 0.15) is 32.2 Å². The summed E-state index contributed by atoms with van der Waals surface area (Å²) in [6.45, 7) is 17.3. The lowest BCUT2D eigenvalue weighted by molar-refractivity contribution is 0.281. The van der Waals surface area contributed by atoms with Crippen molar-refractivity contribution in [1.29, 1.82) is 0 Å². The second-order valence-corrected chi connectivity index (χ2v) is 6.22. The van der Waals surface area contributed by atoms with Gasteiger partial charge in [0, 0.05) is 36.9 Å². The third-order valence-electron chi connectivity index (χ3n) is 3.29. The molecular formula is C17H26N2O2. The van der Waals surface area contributed by atoms with E-state index < -0.39 is 0 Å². The van der Waals surface area contributed by atoms with E-state index in [-0.39, 0.29) is 16.7 Å². The zero-order valence-electron chi connectivity index (χ0n) is 13.5. The van der Waals surface area contributed by atoms with E-state index in [2.05, 4.69) is 38.8 Å². The number of pyridine rings is 1. The molecule has 0 saturated carbocycles. The summed E-state index contributed by atoms with van der Waals surface area (Å²) in [5.41, 5.74) is 0.923. The SMILES string of the molecule is C=CCN(CC=C)Cc1c(O)c(=O)cc(C)n1C(C)(C)C. The molecule has 21 heavy (non-hydrogen) atoms. The number of hydrogen-bond donors (Lipinski definition) is 1. The molecule has 1 heterocycles. The molecule has 0 radical (unpaired) electrons. The molecule has 0 spiro atoms. The molecule has 0 aromatic carbocycles. The molecule has 1 aromatic rings. The molecule has 1 N–H and O–H groups in total. The van der Waals surface area contributed by atoms with E-state index in [9.17, 15) is 9.90 Å². The number of nitrogens with zero attached hydrogens (tertiary/aromatic N) is 2. The molecule has 0 bridgehead atoms. The van der Waals surface area contributed by atoms with Gasteiger partial charge in [0.25, 0.3) is 0 Å². The maximum atomic E-state index is 11.9. The van der Waals surface area contributed by atoms with Crippen LogP contribution in [0.15, 0.2) is 36.2 Å². The van der Waals surface area contributed by atoms with Gasteiger partial charge < -0.3 is 9.67 Å². The van der Waals surface area contributed by atoms with Gasteiger partial charge in [-0.2, -0.15) is 0 Å². The highest BCUT2D eigenvalue weighted by atomic mass is 16.3. The van der Waals surface area contributed by atoms with Crippen LogP contribution < -0.4 is 5.43 Å². The number of hydrogen-bond acceptors (Lipinski definition) is 3. The maximum Gasteiger partial charge on any atom is 0.223 e. The van der Waals surface area contributed by atoms with Gasteiger partial charge in [0.2, 0.25) is 5.43 Å². The third kappa shape index (κ3) is 4.08. The summed E-state index contributed by atoms with van der Waals surface area (Å²) in [5.74, 6) is -0.173. The molecule has 0 amide bonds. The first-order valence-corrected chi connectivity index (χ1v) is 7.11. The first-order chi connectivity index (χ1) is 9.72. The van der Waals surface area contributed by atoms with Crippen LogP contribution in [0.2, 0.25) is 0 Å². The monoisotopic (exact) mass is 290 g/mol. The zero-order chi connectivity index (χ0) is 16.2. The molecule has 0 saturated heterocycles. The molecule has 4 heteroatoms. The third-order valence-corrected chi connectivity index (χ3v) is 3.29. The fourth-order valence-corrected chi connectivity index (χ4v) is 2.64. The van der Waals surface area contributed by atoms with Crippen LogP contribution in [0.3, 0.4) is 0 Å². The van der Waals surface area contributed by atoms with Gasteiger partial charge in [-0.05, 0) is 27.7 Å². The Bertz CT molecular complexity index is 570. The van der Waals surface area contributed by atoms with Crippen molar-refractivity contribution in [2.45, 2.75) is 39.8 Å². The molecule has 1 rings (SSSR count). The Balaban J connectivity index is 3.41. The Morgan fingerprint density at radius 2 is 1.81 bits per heavy atom. The molecule has 0 unspecified atom stereocenters. The predicted octanol–water partition coefficient (Wildman–Crippen LogP) is 2.79. The summed E-state index contributed by atoms with van der Waals surface area (Å²) in [6.07, 6.45) is 3.60. The van der Waals surface area contributed by atoms with Crippen molar-refractivity contribution in [3.05, 3.63) is 53.0 Å². The Hall–Kier alpha value is -1.81. The minimum atomic E-state index is -0.333. The van der Waals surface area contributed by atoms with E-state index in [1.54, 1.807) is 12.2 Å². The number of aromatic nitrogens is 1. The van der Waals surface area contributed by atoms with Crippen LogP contribution in [0.5, 0.6) is 5.75 Å². The van der Waals surface area contributed by atoms with Crippen LogP contribution in [0, 0.1) is 6.92 Å². The lowest BCUT2D eigenvalue weighted by Gasteiger charge is -2.32. The average Bonchev–Trinajstić information content (AvgIpc) is 2.34. The first-order valence-electron chi connectivity index (χ1n) is 7.11. The van der Waals surface area contributed by atoms with Gasteiger partial charge in [-0.15, -0.1) is 13.2 Å². The number of rotatable bonds is 6. The molecule has 4 nitrogen and oxygen atoms in total. The van der Waals surface area contributed by atoms with E-state index in [1.165, 1.54) is 6.07 Å². The van der Waals surface area contributed by atoms with Crippen molar-refractivity contribution >= 4 is 0 Å². The summed E-state index contributed by atoms with van der Waals surface area (Å²) < 4.78 is 2.02. The molecular weight excluding hydrogens is 264 g/mol. The zero-order valence-corrected chi connectivity index (χ0v) is 13.5. The van der Waals surface area contributed by atoms with Crippen LogP contribution in [-0.2, 0) is 12.1 Å². The lowest BCUT2D eigenvalue weighted by atomic mass is 10.1. The summed E-state index contributed by atoms with van der Waals surface area (Å²) in [6, 6.07) is 1.48. The van der Waals surface area contributed by atoms with Gasteiger partial charge in [-0.25, -0.2) is 0 Å². The fraction of sp³-hybridized carbons (Fsp3) is 0.471. The minimum absolute atomic E-state index is 0.173. The predicted molar refractivity (Wildman–Crippen MR) is 87.8 cm³/mol. The van der Waals surface area contributed by atoms with E-state index >= 15 is 0 Å². The van der Waals surface area contributed by atoms with Crippen LogP contribution in [-0.4, -0.2) is 27.7 Å². The van der Waals surface area contributed by atoms with E-state index in [1.807, 2.05) is 11.5 Å². The quantitative estimate of drug-likeness (QED) is 0.819. The Morgan fingerprint density at radius 3 is 2.24 bits per heavy atom. The molecule has 0 atom stereocenters. The van der Waals surface area contributed by atoms with Gasteiger partial charge >= 0.3 is 0 Å². The van der Waals surface area contributed by atoms with Crippen LogP contribution in [0.4, 0.5) is 0 Å². The highest BCUT2D eigenvalue weighted by molar-refractivity contribution is 5.31. The Labute approximate surface area is 127 Å². The van der Waals surface area contributed by atoms with E-state index in [4.69, 9.17) is 0 Å². The topological polar surface area (TPSA) is 45.5 Å². The molecule has 0 aliphatic heterocycles. The smallest absolute Gasteiger partial charge is 0.223 e. The Kier molecular flexibility index (Phi) is 5.55. The molecule has 0 fully saturated rings. The summed E-state index contributed by atoms with van der Waals surface area (Å²) in [4.78, 5) is 14.0. The molecule has 1 aromatic heterocycles. The highest BCUT2D eigenvalue weighted by Gasteiger charge is 2.23. The van der Waals surface area contributed by atoms with Crippen molar-refractivity contribution in [1.82, 2.24) is 9.47 Å². The fourth-order valence-electron chi connectivity index (χ4n) is 2.64. The molecule has 0 aliphatic carbocycles. The first kappa shape index (κ1) is 17.2. The van der Waals surface area contributed by atoms with Crippen LogP contribution >= 0.6 is 0 Å². The van der Waals surface area contributed by atoms with E-state index in [0.29, 0.717) is 25.3 Å². The largest absolute Gasteiger partial charge is 0.503 e. The van der Waals surface area contributed by atoms with Crippen molar-refractivity contribution in [2.75, 3.05) is 13.1 Å². The van der Waals surface area contributed by atoms with Crippen molar-refractivity contribution < 1.29 is 5.11 Å². The second kappa shape index (κ2) is 6.76. The van der Waals surface area contributed by atoms with Gasteiger partial charge in [0.1, 0.15) is 0 Å². The summed E-state index contributed by atoms with van der Waals surface area (Å²) >= 11 is 0. The minimum Gasteiger partial charge on any atom is -0.503 e. The van der Waals surface area contributed by atoms with Gasteiger partial charge in [0.15, 0.2) is 5.75 Å². The van der Waals surface area contributed by atoms with E-state index in [0.717, 1.165) is 5.69 Å². The number of aryl methyl sites for hydroxylation is 1. The standard InChI is InChI=1S/C17H26N2O2/c1-7-9-18(10-8-2)12-14-16(21)15(20)11-13(3)19(14)17(4,5)6/h7-8,11,21H,1-2,9-10,12H2,3-6H3. The van der Waals surface area contributed by atoms with Crippen molar-refractivity contribution in [3.8, 4) is 5.75 Å². The normalized spacial score (nSPS) is 11.7. The average molecular weight is 290 g/mol. The van der Waals surface area contributed by atoms with Crippen LogP contribution in [0.25, 0.3) is 0 Å². The molecule has 0 aliphatic rings. The van der Waals surface area contributed by atoms with Gasteiger partial charge in [-0.1, -0.05) is 12.2 Å². The van der Waals surface area contributed by atoms with Gasteiger partial charge in [-0.3, -0.25) is 9.69 Å². The highest BCUT2D eigenvalue weighted by Crippen LogP contribution is 2.25. The maximum absolute atomic E-state index is 11.9. The Morgan fingerprint density at radius 1 is 1.29 bits per heavy atom.